The van der Waals surface area contributed by atoms with E-state index in [1.165, 1.54) is 18.4 Å². The highest BCUT2D eigenvalue weighted by Gasteiger charge is 2.18. The highest BCUT2D eigenvalue weighted by molar-refractivity contribution is 7.91. The molecule has 3 aromatic rings. The predicted molar refractivity (Wildman–Crippen MR) is 111 cm³/mol. The number of nitrogens with one attached hydrogen (secondary N) is 1. The summed E-state index contributed by atoms with van der Waals surface area (Å²) >= 11 is 1.19. The predicted octanol–water partition coefficient (Wildman–Crippen LogP) is 3.15. The van der Waals surface area contributed by atoms with Crippen LogP contribution >= 0.6 is 11.3 Å². The molecule has 3 rings (SSSR count). The minimum absolute atomic E-state index is 0.197. The number of hydrogen-bond donors (Lipinski definition) is 1. The van der Waals surface area contributed by atoms with E-state index in [0.717, 1.165) is 5.56 Å². The number of thiazole rings is 1. The van der Waals surface area contributed by atoms with E-state index in [2.05, 4.69) is 15.0 Å². The van der Waals surface area contributed by atoms with Gasteiger partial charge in [-0.25, -0.2) is 18.2 Å². The Bertz CT molecular complexity index is 1110. The lowest BCUT2D eigenvalue weighted by Crippen LogP contribution is -2.23. The SMILES string of the molecule is COC(=O)c1ccc(-c2csc(NC(=O)CS(=O)(=O)Cc3ccccc3)n2)cc1. The molecule has 0 aliphatic heterocycles. The van der Waals surface area contributed by atoms with Crippen molar-refractivity contribution in [2.75, 3.05) is 18.2 Å². The quantitative estimate of drug-likeness (QED) is 0.578. The monoisotopic (exact) mass is 430 g/mol. The summed E-state index contributed by atoms with van der Waals surface area (Å²) in [5.41, 5.74) is 2.41. The molecule has 0 aliphatic rings. The number of methoxy groups -OCH3 is 1. The molecule has 0 spiro atoms. The first-order valence-electron chi connectivity index (χ1n) is 8.55. The molecule has 0 saturated carbocycles. The van der Waals surface area contributed by atoms with E-state index in [0.29, 0.717) is 22.0 Å². The van der Waals surface area contributed by atoms with Crippen molar-refractivity contribution in [2.45, 2.75) is 5.75 Å². The summed E-state index contributed by atoms with van der Waals surface area (Å²) < 4.78 is 29.1. The fourth-order valence-corrected chi connectivity index (χ4v) is 4.60. The first-order valence-corrected chi connectivity index (χ1v) is 11.2. The molecule has 0 bridgehead atoms. The molecule has 1 heterocycles. The zero-order chi connectivity index (χ0) is 20.9. The number of carbonyl (C=O) groups is 2. The smallest absolute Gasteiger partial charge is 0.337 e. The van der Waals surface area contributed by atoms with Gasteiger partial charge in [0.1, 0.15) is 5.75 Å². The molecule has 0 aliphatic carbocycles. The van der Waals surface area contributed by atoms with Crippen molar-refractivity contribution in [2.24, 2.45) is 0 Å². The Labute approximate surface area is 172 Å². The molecule has 0 atom stereocenters. The lowest BCUT2D eigenvalue weighted by atomic mass is 10.1. The van der Waals surface area contributed by atoms with E-state index in [-0.39, 0.29) is 5.75 Å². The number of esters is 1. The third-order valence-electron chi connectivity index (χ3n) is 3.93. The van der Waals surface area contributed by atoms with Gasteiger partial charge in [0.2, 0.25) is 5.91 Å². The molecule has 1 N–H and O–H groups in total. The van der Waals surface area contributed by atoms with Gasteiger partial charge in [0.25, 0.3) is 0 Å². The van der Waals surface area contributed by atoms with Gasteiger partial charge in [-0.2, -0.15) is 0 Å². The van der Waals surface area contributed by atoms with Crippen LogP contribution in [0.2, 0.25) is 0 Å². The molecule has 1 amide bonds. The van der Waals surface area contributed by atoms with Crippen molar-refractivity contribution in [1.82, 2.24) is 4.98 Å². The van der Waals surface area contributed by atoms with Crippen LogP contribution in [-0.4, -0.2) is 38.1 Å². The largest absolute Gasteiger partial charge is 0.465 e. The maximum atomic E-state index is 12.2. The molecule has 150 valence electrons. The summed E-state index contributed by atoms with van der Waals surface area (Å²) in [6.07, 6.45) is 0. The number of aromatic nitrogens is 1. The van der Waals surface area contributed by atoms with E-state index in [1.807, 2.05) is 0 Å². The van der Waals surface area contributed by atoms with Gasteiger partial charge in [0.05, 0.1) is 24.1 Å². The molecule has 0 fully saturated rings. The van der Waals surface area contributed by atoms with Crippen molar-refractivity contribution in [1.29, 1.82) is 0 Å². The number of nitrogens with zero attached hydrogens (tertiary/aromatic N) is 1. The zero-order valence-electron chi connectivity index (χ0n) is 15.5. The van der Waals surface area contributed by atoms with Crippen LogP contribution in [0.1, 0.15) is 15.9 Å². The third-order valence-corrected chi connectivity index (χ3v) is 6.17. The second kappa shape index (κ2) is 8.97. The van der Waals surface area contributed by atoms with Gasteiger partial charge in [-0.3, -0.25) is 4.79 Å². The van der Waals surface area contributed by atoms with Crippen LogP contribution in [0.25, 0.3) is 11.3 Å². The van der Waals surface area contributed by atoms with Gasteiger partial charge in [-0.05, 0) is 17.7 Å². The zero-order valence-corrected chi connectivity index (χ0v) is 17.1. The summed E-state index contributed by atoms with van der Waals surface area (Å²) in [4.78, 5) is 27.9. The molecule has 1 aromatic heterocycles. The van der Waals surface area contributed by atoms with Crippen LogP contribution in [0, 0.1) is 0 Å². The van der Waals surface area contributed by atoms with Gasteiger partial charge in [-0.15, -0.1) is 11.3 Å². The Balaban J connectivity index is 1.62. The number of benzene rings is 2. The number of rotatable bonds is 7. The van der Waals surface area contributed by atoms with E-state index < -0.39 is 27.5 Å². The van der Waals surface area contributed by atoms with Gasteiger partial charge in [0, 0.05) is 10.9 Å². The summed E-state index contributed by atoms with van der Waals surface area (Å²) in [7, 11) is -2.28. The Morgan fingerprint density at radius 3 is 2.41 bits per heavy atom. The maximum absolute atomic E-state index is 12.2. The molecule has 0 unspecified atom stereocenters. The lowest BCUT2D eigenvalue weighted by molar-refractivity contribution is -0.113. The summed E-state index contributed by atoms with van der Waals surface area (Å²) in [6, 6.07) is 15.4. The summed E-state index contributed by atoms with van der Waals surface area (Å²) in [5, 5.41) is 4.57. The number of sulfone groups is 1. The molecule has 0 saturated heterocycles. The molecule has 9 heteroatoms. The second-order valence-electron chi connectivity index (χ2n) is 6.17. The summed E-state index contributed by atoms with van der Waals surface area (Å²) in [6.45, 7) is 0. The molecule has 2 aromatic carbocycles. The van der Waals surface area contributed by atoms with Gasteiger partial charge in [0.15, 0.2) is 15.0 Å². The molecular formula is C20H18N2O5S2. The van der Waals surface area contributed by atoms with Crippen LogP contribution in [0.15, 0.2) is 60.0 Å². The Morgan fingerprint density at radius 1 is 1.07 bits per heavy atom. The number of ether oxygens (including phenoxy) is 1. The standard InChI is InChI=1S/C20H18N2O5S2/c1-27-19(24)16-9-7-15(8-10-16)17-11-28-20(21-17)22-18(23)13-29(25,26)12-14-5-3-2-4-6-14/h2-11H,12-13H2,1H3,(H,21,22,23). The maximum Gasteiger partial charge on any atom is 0.337 e. The van der Waals surface area contributed by atoms with Crippen molar-refractivity contribution < 1.29 is 22.7 Å². The normalized spacial score (nSPS) is 11.1. The van der Waals surface area contributed by atoms with Crippen LogP contribution in [0.3, 0.4) is 0 Å². The number of anilines is 1. The average molecular weight is 431 g/mol. The van der Waals surface area contributed by atoms with Gasteiger partial charge < -0.3 is 10.1 Å². The molecule has 7 nitrogen and oxygen atoms in total. The average Bonchev–Trinajstić information content (AvgIpc) is 3.15. The Kier molecular flexibility index (Phi) is 6.40. The van der Waals surface area contributed by atoms with E-state index in [4.69, 9.17) is 0 Å². The van der Waals surface area contributed by atoms with Gasteiger partial charge in [-0.1, -0.05) is 42.5 Å². The van der Waals surface area contributed by atoms with Crippen LogP contribution in [0.5, 0.6) is 0 Å². The van der Waals surface area contributed by atoms with E-state index in [9.17, 15) is 18.0 Å². The minimum atomic E-state index is -3.59. The highest BCUT2D eigenvalue weighted by Crippen LogP contribution is 2.25. The number of amides is 1. The third kappa shape index (κ3) is 5.72. The Hall–Kier alpha value is -3.04. The van der Waals surface area contributed by atoms with Crippen LogP contribution in [0.4, 0.5) is 5.13 Å². The highest BCUT2D eigenvalue weighted by atomic mass is 32.2. The minimum Gasteiger partial charge on any atom is -0.465 e. The number of carbonyl (C=O) groups excluding carboxylic acids is 2. The van der Waals surface area contributed by atoms with Crippen molar-refractivity contribution >= 4 is 38.2 Å². The fourth-order valence-electron chi connectivity index (χ4n) is 2.59. The molecular weight excluding hydrogens is 412 g/mol. The lowest BCUT2D eigenvalue weighted by Gasteiger charge is -2.04. The van der Waals surface area contributed by atoms with Crippen LogP contribution < -0.4 is 5.32 Å². The van der Waals surface area contributed by atoms with Crippen molar-refractivity contribution in [3.8, 4) is 11.3 Å². The van der Waals surface area contributed by atoms with Crippen LogP contribution in [-0.2, 0) is 25.1 Å². The topological polar surface area (TPSA) is 102 Å². The van der Waals surface area contributed by atoms with Gasteiger partial charge >= 0.3 is 5.97 Å². The second-order valence-corrected chi connectivity index (χ2v) is 9.10. The number of hydrogen-bond acceptors (Lipinski definition) is 7. The van der Waals surface area contributed by atoms with E-state index in [1.54, 1.807) is 60.0 Å². The first-order chi connectivity index (χ1) is 13.9. The van der Waals surface area contributed by atoms with Crippen molar-refractivity contribution in [3.05, 3.63) is 71.1 Å². The Morgan fingerprint density at radius 2 is 1.76 bits per heavy atom. The summed E-state index contributed by atoms with van der Waals surface area (Å²) in [5.74, 6) is -1.89. The van der Waals surface area contributed by atoms with Crippen molar-refractivity contribution in [3.63, 3.8) is 0 Å². The fraction of sp³-hybridized carbons (Fsp3) is 0.150. The first kappa shape index (κ1) is 20.7. The molecule has 29 heavy (non-hydrogen) atoms. The molecule has 0 radical (unpaired) electrons. The van der Waals surface area contributed by atoms with E-state index >= 15 is 0 Å².